The lowest BCUT2D eigenvalue weighted by molar-refractivity contribution is 0.102. The summed E-state index contributed by atoms with van der Waals surface area (Å²) >= 11 is 7.48. The second kappa shape index (κ2) is 6.96. The van der Waals surface area contributed by atoms with E-state index in [1.807, 2.05) is 50.2 Å². The zero-order chi connectivity index (χ0) is 14.5. The molecule has 104 valence electrons. The molecule has 0 radical (unpaired) electrons. The molecule has 0 aromatic heterocycles. The van der Waals surface area contributed by atoms with Gasteiger partial charge in [-0.1, -0.05) is 47.5 Å². The van der Waals surface area contributed by atoms with Crippen LogP contribution >= 0.6 is 23.4 Å². The van der Waals surface area contributed by atoms with Gasteiger partial charge in [0, 0.05) is 16.3 Å². The number of hydrogen-bond acceptors (Lipinski definition) is 2. The van der Waals surface area contributed by atoms with Crippen molar-refractivity contribution in [2.45, 2.75) is 19.6 Å². The number of Topliss-reactive ketones (excluding diaryl/α,β-unsaturated/α-hetero) is 1. The Morgan fingerprint density at radius 2 is 1.80 bits per heavy atom. The van der Waals surface area contributed by atoms with Crippen LogP contribution < -0.4 is 0 Å². The van der Waals surface area contributed by atoms with E-state index in [0.717, 1.165) is 21.9 Å². The summed E-state index contributed by atoms with van der Waals surface area (Å²) in [4.78, 5) is 12.2. The molecular weight excluding hydrogens is 288 g/mol. The number of carbonyl (C=O) groups is 1. The molecule has 0 amide bonds. The third-order valence-electron chi connectivity index (χ3n) is 3.10. The molecule has 0 bridgehead atoms. The van der Waals surface area contributed by atoms with E-state index in [9.17, 15) is 4.79 Å². The van der Waals surface area contributed by atoms with Crippen molar-refractivity contribution in [3.8, 4) is 0 Å². The van der Waals surface area contributed by atoms with E-state index in [0.29, 0.717) is 5.75 Å². The molecule has 0 spiro atoms. The number of rotatable bonds is 5. The lowest BCUT2D eigenvalue weighted by Gasteiger charge is -2.06. The van der Waals surface area contributed by atoms with Gasteiger partial charge in [0.2, 0.25) is 0 Å². The largest absolute Gasteiger partial charge is 0.293 e. The number of hydrogen-bond donors (Lipinski definition) is 0. The Kier molecular flexibility index (Phi) is 5.27. The van der Waals surface area contributed by atoms with Gasteiger partial charge in [0.1, 0.15) is 0 Å². The number of ketones is 1. The van der Waals surface area contributed by atoms with Gasteiger partial charge in [-0.15, -0.1) is 11.8 Å². The first-order valence-corrected chi connectivity index (χ1v) is 8.02. The Hall–Kier alpha value is -1.25. The highest BCUT2D eigenvalue weighted by Crippen LogP contribution is 2.18. The van der Waals surface area contributed by atoms with Gasteiger partial charge in [0.15, 0.2) is 5.78 Å². The van der Waals surface area contributed by atoms with E-state index in [2.05, 4.69) is 6.07 Å². The van der Waals surface area contributed by atoms with Crippen molar-refractivity contribution in [2.24, 2.45) is 0 Å². The lowest BCUT2D eigenvalue weighted by Crippen LogP contribution is -2.05. The Morgan fingerprint density at radius 1 is 1.10 bits per heavy atom. The molecule has 20 heavy (non-hydrogen) atoms. The van der Waals surface area contributed by atoms with E-state index < -0.39 is 0 Å². The minimum Gasteiger partial charge on any atom is -0.293 e. The number of halogens is 1. The van der Waals surface area contributed by atoms with Crippen LogP contribution in [0.4, 0.5) is 0 Å². The molecule has 0 aliphatic heterocycles. The third-order valence-corrected chi connectivity index (χ3v) is 4.35. The van der Waals surface area contributed by atoms with Gasteiger partial charge in [-0.25, -0.2) is 0 Å². The van der Waals surface area contributed by atoms with Gasteiger partial charge in [-0.2, -0.15) is 0 Å². The van der Waals surface area contributed by atoms with Crippen LogP contribution in [0.5, 0.6) is 0 Å². The molecule has 0 saturated heterocycles. The number of benzene rings is 2. The molecule has 0 aliphatic rings. The Bertz CT molecular complexity index is 605. The van der Waals surface area contributed by atoms with Gasteiger partial charge in [0.05, 0.1) is 5.75 Å². The summed E-state index contributed by atoms with van der Waals surface area (Å²) < 4.78 is 0. The second-order valence-corrected chi connectivity index (χ2v) is 6.28. The molecular formula is C17H17ClOS. The molecule has 0 fully saturated rings. The van der Waals surface area contributed by atoms with Crippen molar-refractivity contribution < 1.29 is 4.79 Å². The fourth-order valence-electron chi connectivity index (χ4n) is 2.05. The molecule has 2 aromatic carbocycles. The fourth-order valence-corrected chi connectivity index (χ4v) is 3.04. The van der Waals surface area contributed by atoms with E-state index in [1.54, 1.807) is 11.8 Å². The first-order valence-electron chi connectivity index (χ1n) is 6.49. The number of thioether (sulfide) groups is 1. The second-order valence-electron chi connectivity index (χ2n) is 4.86. The standard InChI is InChI=1S/C17H17ClOS/c1-12-3-8-16(13(2)9-12)17(19)11-20-10-14-4-6-15(18)7-5-14/h3-9H,10-11H2,1-2H3. The summed E-state index contributed by atoms with van der Waals surface area (Å²) in [6.45, 7) is 4.03. The predicted octanol–water partition coefficient (Wildman–Crippen LogP) is 5.07. The van der Waals surface area contributed by atoms with Crippen LogP contribution in [-0.4, -0.2) is 11.5 Å². The molecule has 2 rings (SSSR count). The third kappa shape index (κ3) is 4.12. The Balaban J connectivity index is 1.90. The maximum Gasteiger partial charge on any atom is 0.172 e. The van der Waals surface area contributed by atoms with Crippen LogP contribution in [0.2, 0.25) is 5.02 Å². The van der Waals surface area contributed by atoms with Gasteiger partial charge < -0.3 is 0 Å². The van der Waals surface area contributed by atoms with Crippen LogP contribution in [0.15, 0.2) is 42.5 Å². The van der Waals surface area contributed by atoms with Crippen LogP contribution in [-0.2, 0) is 5.75 Å². The molecule has 0 heterocycles. The first-order chi connectivity index (χ1) is 9.56. The quantitative estimate of drug-likeness (QED) is 0.717. The van der Waals surface area contributed by atoms with Crippen LogP contribution in [0.3, 0.4) is 0 Å². The van der Waals surface area contributed by atoms with Gasteiger partial charge in [-0.05, 0) is 37.1 Å². The van der Waals surface area contributed by atoms with E-state index in [4.69, 9.17) is 11.6 Å². The zero-order valence-electron chi connectivity index (χ0n) is 11.7. The first kappa shape index (κ1) is 15.1. The maximum atomic E-state index is 12.2. The lowest BCUT2D eigenvalue weighted by atomic mass is 10.0. The van der Waals surface area contributed by atoms with Crippen molar-refractivity contribution in [3.63, 3.8) is 0 Å². The minimum atomic E-state index is 0.196. The summed E-state index contributed by atoms with van der Waals surface area (Å²) in [6.07, 6.45) is 0. The monoisotopic (exact) mass is 304 g/mol. The van der Waals surface area contributed by atoms with Crippen molar-refractivity contribution in [1.29, 1.82) is 0 Å². The number of aryl methyl sites for hydroxylation is 2. The topological polar surface area (TPSA) is 17.1 Å². The summed E-state index contributed by atoms with van der Waals surface area (Å²) in [6, 6.07) is 13.7. The highest BCUT2D eigenvalue weighted by atomic mass is 35.5. The maximum absolute atomic E-state index is 12.2. The molecule has 0 saturated carbocycles. The fraction of sp³-hybridized carbons (Fsp3) is 0.235. The predicted molar refractivity (Wildman–Crippen MR) is 87.9 cm³/mol. The summed E-state index contributed by atoms with van der Waals surface area (Å²) in [7, 11) is 0. The highest BCUT2D eigenvalue weighted by molar-refractivity contribution is 7.99. The molecule has 0 N–H and O–H groups in total. The average molecular weight is 305 g/mol. The summed E-state index contributed by atoms with van der Waals surface area (Å²) in [5.74, 6) is 1.53. The Labute approximate surface area is 129 Å². The highest BCUT2D eigenvalue weighted by Gasteiger charge is 2.09. The molecule has 0 aliphatic carbocycles. The van der Waals surface area contributed by atoms with Gasteiger partial charge in [-0.3, -0.25) is 4.79 Å². The summed E-state index contributed by atoms with van der Waals surface area (Å²) in [5, 5.41) is 0.741. The molecule has 0 unspecified atom stereocenters. The van der Waals surface area contributed by atoms with Crippen molar-refractivity contribution in [2.75, 3.05) is 5.75 Å². The van der Waals surface area contributed by atoms with Crippen molar-refractivity contribution in [3.05, 3.63) is 69.7 Å². The summed E-state index contributed by atoms with van der Waals surface area (Å²) in [5.41, 5.74) is 4.27. The normalized spacial score (nSPS) is 10.6. The molecule has 3 heteroatoms. The van der Waals surface area contributed by atoms with Crippen molar-refractivity contribution in [1.82, 2.24) is 0 Å². The van der Waals surface area contributed by atoms with E-state index >= 15 is 0 Å². The van der Waals surface area contributed by atoms with Gasteiger partial charge in [0.25, 0.3) is 0 Å². The van der Waals surface area contributed by atoms with Crippen LogP contribution in [0.1, 0.15) is 27.0 Å². The van der Waals surface area contributed by atoms with Crippen LogP contribution in [0, 0.1) is 13.8 Å². The van der Waals surface area contributed by atoms with E-state index in [1.165, 1.54) is 11.1 Å². The molecule has 1 nitrogen and oxygen atoms in total. The smallest absolute Gasteiger partial charge is 0.172 e. The molecule has 0 atom stereocenters. The minimum absolute atomic E-state index is 0.196. The van der Waals surface area contributed by atoms with Gasteiger partial charge >= 0.3 is 0 Å². The number of carbonyl (C=O) groups excluding carboxylic acids is 1. The SMILES string of the molecule is Cc1ccc(C(=O)CSCc2ccc(Cl)cc2)c(C)c1. The molecule has 2 aromatic rings. The van der Waals surface area contributed by atoms with E-state index in [-0.39, 0.29) is 5.78 Å². The Morgan fingerprint density at radius 3 is 2.45 bits per heavy atom. The average Bonchev–Trinajstić information content (AvgIpc) is 2.41. The zero-order valence-corrected chi connectivity index (χ0v) is 13.2. The van der Waals surface area contributed by atoms with Crippen LogP contribution in [0.25, 0.3) is 0 Å². The van der Waals surface area contributed by atoms with Crippen molar-refractivity contribution >= 4 is 29.1 Å².